The number of aromatic nitrogens is 4. The largest absolute Gasteiger partial charge is 0.368 e. The molecule has 2 heterocycles. The van der Waals surface area contributed by atoms with Crippen molar-refractivity contribution in [3.63, 3.8) is 0 Å². The van der Waals surface area contributed by atoms with Gasteiger partial charge in [0.25, 0.3) is 0 Å². The Morgan fingerprint density at radius 3 is 2.79 bits per heavy atom. The van der Waals surface area contributed by atoms with Gasteiger partial charge in [-0.3, -0.25) is 0 Å². The average Bonchev–Trinajstić information content (AvgIpc) is 2.56. The highest BCUT2D eigenvalue weighted by atomic mass is 15.3. The van der Waals surface area contributed by atoms with Crippen LogP contribution in [0.2, 0.25) is 0 Å². The van der Waals surface area contributed by atoms with Gasteiger partial charge >= 0.3 is 0 Å². The van der Waals surface area contributed by atoms with Crippen molar-refractivity contribution in [2.24, 2.45) is 0 Å². The molecule has 0 radical (unpaired) electrons. The van der Waals surface area contributed by atoms with Crippen LogP contribution in [0.25, 0.3) is 5.82 Å². The highest BCUT2D eigenvalue weighted by Crippen LogP contribution is 2.10. The molecule has 0 saturated heterocycles. The monoisotopic (exact) mass is 189 g/mol. The average molecular weight is 189 g/mol. The number of nitrogens with two attached hydrogens (primary N) is 1. The second-order valence-electron chi connectivity index (χ2n) is 3.14. The van der Waals surface area contributed by atoms with Crippen LogP contribution in [0.3, 0.4) is 0 Å². The van der Waals surface area contributed by atoms with Crippen molar-refractivity contribution < 1.29 is 0 Å². The Bertz CT molecular complexity index is 460. The minimum absolute atomic E-state index is 0.263. The van der Waals surface area contributed by atoms with Crippen molar-refractivity contribution in [2.45, 2.75) is 13.8 Å². The summed E-state index contributed by atoms with van der Waals surface area (Å²) in [6.07, 6.45) is 3.54. The molecule has 14 heavy (non-hydrogen) atoms. The lowest BCUT2D eigenvalue weighted by Gasteiger charge is -2.04. The highest BCUT2D eigenvalue weighted by molar-refractivity contribution is 5.35. The zero-order valence-electron chi connectivity index (χ0n) is 8.10. The van der Waals surface area contributed by atoms with E-state index < -0.39 is 0 Å². The smallest absolute Gasteiger partial charge is 0.222 e. The van der Waals surface area contributed by atoms with E-state index in [1.165, 1.54) is 0 Å². The molecule has 0 atom stereocenters. The predicted octanol–water partition coefficient (Wildman–Crippen LogP) is 0.861. The Morgan fingerprint density at radius 2 is 2.14 bits per heavy atom. The molecule has 2 N–H and O–H groups in total. The lowest BCUT2D eigenvalue weighted by molar-refractivity contribution is 0.819. The van der Waals surface area contributed by atoms with Gasteiger partial charge in [0.05, 0.1) is 5.69 Å². The maximum Gasteiger partial charge on any atom is 0.222 e. The maximum atomic E-state index is 5.51. The van der Waals surface area contributed by atoms with Crippen LogP contribution in [-0.4, -0.2) is 19.7 Å². The van der Waals surface area contributed by atoms with Crippen molar-refractivity contribution in [3.8, 4) is 5.82 Å². The van der Waals surface area contributed by atoms with Crippen molar-refractivity contribution in [2.75, 3.05) is 5.73 Å². The first kappa shape index (κ1) is 8.68. The molecular formula is C9H11N5. The first-order valence-electron chi connectivity index (χ1n) is 4.28. The number of hydrogen-bond acceptors (Lipinski definition) is 4. The third-order valence-electron chi connectivity index (χ3n) is 1.90. The van der Waals surface area contributed by atoms with E-state index in [4.69, 9.17) is 5.73 Å². The molecule has 0 bridgehead atoms. The second-order valence-corrected chi connectivity index (χ2v) is 3.14. The maximum absolute atomic E-state index is 5.51. The van der Waals surface area contributed by atoms with Gasteiger partial charge in [-0.25, -0.2) is 9.67 Å². The first-order chi connectivity index (χ1) is 6.66. The molecule has 2 aromatic rings. The SMILES string of the molecule is Cc1ccn(-c2nc(N)ncc2C)n1. The van der Waals surface area contributed by atoms with Crippen LogP contribution in [0, 0.1) is 13.8 Å². The molecule has 0 spiro atoms. The van der Waals surface area contributed by atoms with Gasteiger partial charge in [-0.15, -0.1) is 0 Å². The Hall–Kier alpha value is -1.91. The summed E-state index contributed by atoms with van der Waals surface area (Å²) in [4.78, 5) is 8.02. The van der Waals surface area contributed by atoms with E-state index in [9.17, 15) is 0 Å². The van der Waals surface area contributed by atoms with Crippen molar-refractivity contribution in [1.29, 1.82) is 0 Å². The summed E-state index contributed by atoms with van der Waals surface area (Å²) < 4.78 is 1.70. The number of nitrogens with zero attached hydrogens (tertiary/aromatic N) is 4. The molecule has 5 nitrogen and oxygen atoms in total. The Kier molecular flexibility index (Phi) is 1.92. The van der Waals surface area contributed by atoms with Crippen LogP contribution >= 0.6 is 0 Å². The van der Waals surface area contributed by atoms with Gasteiger partial charge in [0, 0.05) is 18.0 Å². The van der Waals surface area contributed by atoms with Crippen LogP contribution in [0.15, 0.2) is 18.5 Å². The quantitative estimate of drug-likeness (QED) is 0.722. The van der Waals surface area contributed by atoms with E-state index >= 15 is 0 Å². The van der Waals surface area contributed by atoms with Gasteiger partial charge < -0.3 is 5.73 Å². The fourth-order valence-electron chi connectivity index (χ4n) is 1.21. The van der Waals surface area contributed by atoms with Crippen molar-refractivity contribution in [1.82, 2.24) is 19.7 Å². The lowest BCUT2D eigenvalue weighted by atomic mass is 10.3. The summed E-state index contributed by atoms with van der Waals surface area (Å²) in [5.74, 6) is 0.990. The molecule has 0 amide bonds. The minimum Gasteiger partial charge on any atom is -0.368 e. The summed E-state index contributed by atoms with van der Waals surface area (Å²) in [5, 5.41) is 4.25. The standard InChI is InChI=1S/C9H11N5/c1-6-5-11-9(10)12-8(6)14-4-3-7(2)13-14/h3-5H,1-2H3,(H2,10,11,12). The van der Waals surface area contributed by atoms with Gasteiger partial charge in [-0.1, -0.05) is 0 Å². The van der Waals surface area contributed by atoms with Crippen LogP contribution in [0.1, 0.15) is 11.3 Å². The summed E-state index contributed by atoms with van der Waals surface area (Å²) in [7, 11) is 0. The van der Waals surface area contributed by atoms with E-state index in [2.05, 4.69) is 15.1 Å². The van der Waals surface area contributed by atoms with Gasteiger partial charge in [0.15, 0.2) is 5.82 Å². The van der Waals surface area contributed by atoms with E-state index in [0.717, 1.165) is 17.1 Å². The Morgan fingerprint density at radius 1 is 1.36 bits per heavy atom. The normalized spacial score (nSPS) is 10.4. The molecular weight excluding hydrogens is 178 g/mol. The molecule has 2 rings (SSSR count). The topological polar surface area (TPSA) is 69.6 Å². The molecule has 5 heteroatoms. The van der Waals surface area contributed by atoms with Crippen LogP contribution in [0.5, 0.6) is 0 Å². The molecule has 0 unspecified atom stereocenters. The molecule has 0 aliphatic heterocycles. The van der Waals surface area contributed by atoms with Crippen molar-refractivity contribution in [3.05, 3.63) is 29.7 Å². The van der Waals surface area contributed by atoms with E-state index in [1.54, 1.807) is 10.9 Å². The third-order valence-corrected chi connectivity index (χ3v) is 1.90. The Balaban J connectivity index is 2.55. The van der Waals surface area contributed by atoms with Gasteiger partial charge in [-0.2, -0.15) is 10.1 Å². The van der Waals surface area contributed by atoms with Gasteiger partial charge in [0.2, 0.25) is 5.95 Å². The summed E-state index contributed by atoms with van der Waals surface area (Å²) in [6.45, 7) is 3.85. The van der Waals surface area contributed by atoms with E-state index in [0.29, 0.717) is 0 Å². The van der Waals surface area contributed by atoms with Gasteiger partial charge in [0.1, 0.15) is 0 Å². The zero-order valence-corrected chi connectivity index (χ0v) is 8.10. The number of hydrogen-bond donors (Lipinski definition) is 1. The first-order valence-corrected chi connectivity index (χ1v) is 4.28. The molecule has 72 valence electrons. The fourth-order valence-corrected chi connectivity index (χ4v) is 1.21. The minimum atomic E-state index is 0.263. The lowest BCUT2D eigenvalue weighted by Crippen LogP contribution is -2.05. The fraction of sp³-hybridized carbons (Fsp3) is 0.222. The molecule has 0 saturated carbocycles. The van der Waals surface area contributed by atoms with Gasteiger partial charge in [-0.05, 0) is 19.9 Å². The molecule has 0 fully saturated rings. The number of rotatable bonds is 1. The molecule has 2 aromatic heterocycles. The highest BCUT2D eigenvalue weighted by Gasteiger charge is 2.04. The third kappa shape index (κ3) is 1.44. The second kappa shape index (κ2) is 3.10. The molecule has 0 aromatic carbocycles. The van der Waals surface area contributed by atoms with Crippen LogP contribution < -0.4 is 5.73 Å². The number of aryl methyl sites for hydroxylation is 2. The predicted molar refractivity (Wildman–Crippen MR) is 53.0 cm³/mol. The summed E-state index contributed by atoms with van der Waals surface area (Å²) >= 11 is 0. The number of nitrogen functional groups attached to an aromatic ring is 1. The molecule has 0 aliphatic carbocycles. The van der Waals surface area contributed by atoms with E-state index in [1.807, 2.05) is 26.1 Å². The zero-order chi connectivity index (χ0) is 10.1. The van der Waals surface area contributed by atoms with E-state index in [-0.39, 0.29) is 5.95 Å². The van der Waals surface area contributed by atoms with Crippen molar-refractivity contribution >= 4 is 5.95 Å². The summed E-state index contributed by atoms with van der Waals surface area (Å²) in [6, 6.07) is 1.91. The van der Waals surface area contributed by atoms with Crippen LogP contribution in [0.4, 0.5) is 5.95 Å². The molecule has 0 aliphatic rings. The number of anilines is 1. The van der Waals surface area contributed by atoms with Crippen LogP contribution in [-0.2, 0) is 0 Å². The Labute approximate surface area is 81.6 Å². The summed E-state index contributed by atoms with van der Waals surface area (Å²) in [5.41, 5.74) is 7.40.